The van der Waals surface area contributed by atoms with E-state index in [4.69, 9.17) is 0 Å². The van der Waals surface area contributed by atoms with Gasteiger partial charge < -0.3 is 15.2 Å². The summed E-state index contributed by atoms with van der Waals surface area (Å²) >= 11 is 1.45. The van der Waals surface area contributed by atoms with Gasteiger partial charge in [-0.2, -0.15) is 0 Å². The van der Waals surface area contributed by atoms with Gasteiger partial charge in [0.15, 0.2) is 5.13 Å². The molecule has 4 rings (SSSR count). The van der Waals surface area contributed by atoms with E-state index in [2.05, 4.69) is 33.5 Å². The van der Waals surface area contributed by atoms with Crippen LogP contribution in [0.1, 0.15) is 33.5 Å². The number of carbonyl (C=O) groups excluding carboxylic acids is 1. The number of amides is 1. The van der Waals surface area contributed by atoms with Crippen molar-refractivity contribution in [3.8, 4) is 0 Å². The molecule has 24 heavy (non-hydrogen) atoms. The van der Waals surface area contributed by atoms with Crippen LogP contribution in [-0.2, 0) is 13.0 Å². The second-order valence-corrected chi connectivity index (χ2v) is 7.07. The highest BCUT2D eigenvalue weighted by molar-refractivity contribution is 7.17. The van der Waals surface area contributed by atoms with Crippen LogP contribution in [0.15, 0.2) is 24.3 Å². The molecule has 1 aromatic carbocycles. The molecule has 3 aromatic rings. The molecule has 0 fully saturated rings. The van der Waals surface area contributed by atoms with Gasteiger partial charge in [0.2, 0.25) is 0 Å². The average molecular weight is 340 g/mol. The van der Waals surface area contributed by atoms with Gasteiger partial charge in [0, 0.05) is 29.7 Å². The van der Waals surface area contributed by atoms with E-state index in [1.165, 1.54) is 22.3 Å². The third-order valence-electron chi connectivity index (χ3n) is 4.49. The van der Waals surface area contributed by atoms with E-state index in [0.717, 1.165) is 46.4 Å². The molecule has 124 valence electrons. The topological polar surface area (TPSA) is 61.0 Å². The number of hydrogen-bond acceptors (Lipinski definition) is 4. The normalized spacial score (nSPS) is 14.0. The van der Waals surface area contributed by atoms with Gasteiger partial charge in [-0.15, -0.1) is 0 Å². The minimum absolute atomic E-state index is 0.0819. The Labute approximate surface area is 144 Å². The third kappa shape index (κ3) is 2.47. The number of fused-ring (bicyclic) bond motifs is 3. The number of H-pyrrole nitrogens is 1. The molecule has 0 spiro atoms. The molecule has 0 atom stereocenters. The van der Waals surface area contributed by atoms with E-state index in [1.54, 1.807) is 0 Å². The number of carbonyl (C=O) groups is 1. The highest BCUT2D eigenvalue weighted by atomic mass is 32.1. The zero-order valence-corrected chi connectivity index (χ0v) is 14.7. The van der Waals surface area contributed by atoms with E-state index >= 15 is 0 Å². The number of aryl methyl sites for hydroxylation is 1. The van der Waals surface area contributed by atoms with Crippen LogP contribution in [0.4, 0.5) is 5.13 Å². The number of para-hydroxylation sites is 1. The summed E-state index contributed by atoms with van der Waals surface area (Å²) in [6.07, 6.45) is 0.892. The second-order valence-electron chi connectivity index (χ2n) is 6.07. The van der Waals surface area contributed by atoms with Crippen LogP contribution in [0.5, 0.6) is 0 Å². The molecule has 1 aliphatic heterocycles. The highest BCUT2D eigenvalue weighted by Gasteiger charge is 2.27. The first-order valence-corrected chi connectivity index (χ1v) is 9.08. The van der Waals surface area contributed by atoms with E-state index in [0.29, 0.717) is 6.54 Å². The largest absolute Gasteiger partial charge is 0.362 e. The van der Waals surface area contributed by atoms with E-state index in [9.17, 15) is 4.79 Å². The van der Waals surface area contributed by atoms with Crippen molar-refractivity contribution in [2.45, 2.75) is 26.8 Å². The van der Waals surface area contributed by atoms with Crippen LogP contribution in [-0.4, -0.2) is 33.9 Å². The number of benzene rings is 1. The van der Waals surface area contributed by atoms with Crippen LogP contribution in [0.2, 0.25) is 0 Å². The van der Waals surface area contributed by atoms with Crippen molar-refractivity contribution in [3.05, 3.63) is 46.1 Å². The third-order valence-corrected chi connectivity index (χ3v) is 5.59. The highest BCUT2D eigenvalue weighted by Crippen LogP contribution is 2.30. The van der Waals surface area contributed by atoms with Crippen molar-refractivity contribution in [2.24, 2.45) is 0 Å². The number of rotatable bonds is 3. The number of thiazole rings is 1. The average Bonchev–Trinajstić information content (AvgIpc) is 3.14. The Bertz CT molecular complexity index is 911. The van der Waals surface area contributed by atoms with Crippen molar-refractivity contribution in [1.29, 1.82) is 0 Å². The van der Waals surface area contributed by atoms with Gasteiger partial charge in [-0.25, -0.2) is 4.98 Å². The van der Waals surface area contributed by atoms with E-state index in [-0.39, 0.29) is 5.91 Å². The van der Waals surface area contributed by atoms with Gasteiger partial charge in [-0.3, -0.25) is 4.79 Å². The Balaban J connectivity index is 1.61. The molecule has 0 saturated heterocycles. The SMILES string of the molecule is CCNc1nc(C)c(C(=O)N2CCc3c([nH]c4ccccc34)C2)s1. The number of aromatic nitrogens is 2. The van der Waals surface area contributed by atoms with Crippen LogP contribution < -0.4 is 5.32 Å². The lowest BCUT2D eigenvalue weighted by atomic mass is 10.0. The molecular formula is C18H20N4OS. The molecule has 0 radical (unpaired) electrons. The maximum absolute atomic E-state index is 12.9. The minimum atomic E-state index is 0.0819. The molecule has 5 nitrogen and oxygen atoms in total. The van der Waals surface area contributed by atoms with Crippen molar-refractivity contribution >= 4 is 33.3 Å². The summed E-state index contributed by atoms with van der Waals surface area (Å²) in [5.74, 6) is 0.0819. The predicted molar refractivity (Wildman–Crippen MR) is 97.8 cm³/mol. The molecule has 1 amide bonds. The summed E-state index contributed by atoms with van der Waals surface area (Å²) in [7, 11) is 0. The first kappa shape index (κ1) is 15.2. The molecule has 1 aliphatic rings. The summed E-state index contributed by atoms with van der Waals surface area (Å²) in [6.45, 7) is 6.13. The lowest BCUT2D eigenvalue weighted by Gasteiger charge is -2.26. The van der Waals surface area contributed by atoms with Gasteiger partial charge in [0.05, 0.1) is 12.2 Å². The Morgan fingerprint density at radius 3 is 3.08 bits per heavy atom. The van der Waals surface area contributed by atoms with Crippen molar-refractivity contribution < 1.29 is 4.79 Å². The summed E-state index contributed by atoms with van der Waals surface area (Å²) < 4.78 is 0. The first-order valence-electron chi connectivity index (χ1n) is 8.26. The van der Waals surface area contributed by atoms with Gasteiger partial charge in [-0.05, 0) is 31.9 Å². The maximum Gasteiger partial charge on any atom is 0.266 e. The summed E-state index contributed by atoms with van der Waals surface area (Å²) in [5, 5.41) is 5.29. The Morgan fingerprint density at radius 1 is 1.42 bits per heavy atom. The number of nitrogens with one attached hydrogen (secondary N) is 2. The van der Waals surface area contributed by atoms with Gasteiger partial charge in [-0.1, -0.05) is 29.5 Å². The lowest BCUT2D eigenvalue weighted by molar-refractivity contribution is 0.0737. The second kappa shape index (κ2) is 5.94. The molecule has 2 N–H and O–H groups in total. The van der Waals surface area contributed by atoms with Crippen LogP contribution in [0.3, 0.4) is 0 Å². The van der Waals surface area contributed by atoms with Crippen molar-refractivity contribution in [2.75, 3.05) is 18.4 Å². The standard InChI is InChI=1S/C18H20N4OS/c1-3-19-18-20-11(2)16(24-18)17(23)22-9-8-13-12-6-4-5-7-14(12)21-15(13)10-22/h4-7,21H,3,8-10H2,1-2H3,(H,19,20). The molecule has 3 heterocycles. The first-order chi connectivity index (χ1) is 11.7. The Morgan fingerprint density at radius 2 is 2.25 bits per heavy atom. The number of aromatic amines is 1. The Hall–Kier alpha value is -2.34. The molecule has 0 unspecified atom stereocenters. The quantitative estimate of drug-likeness (QED) is 0.766. The number of anilines is 1. The fourth-order valence-corrected chi connectivity index (χ4v) is 4.33. The summed E-state index contributed by atoms with van der Waals surface area (Å²) in [6, 6.07) is 8.35. The minimum Gasteiger partial charge on any atom is -0.362 e. The fraction of sp³-hybridized carbons (Fsp3) is 0.333. The number of nitrogens with zero attached hydrogens (tertiary/aromatic N) is 2. The molecule has 0 bridgehead atoms. The van der Waals surface area contributed by atoms with Gasteiger partial charge in [0.1, 0.15) is 4.88 Å². The monoisotopic (exact) mass is 340 g/mol. The molecule has 2 aromatic heterocycles. The van der Waals surface area contributed by atoms with Crippen LogP contribution in [0.25, 0.3) is 10.9 Å². The lowest BCUT2D eigenvalue weighted by Crippen LogP contribution is -2.35. The molecule has 6 heteroatoms. The van der Waals surface area contributed by atoms with Crippen molar-refractivity contribution in [1.82, 2.24) is 14.9 Å². The smallest absolute Gasteiger partial charge is 0.266 e. The van der Waals surface area contributed by atoms with Gasteiger partial charge >= 0.3 is 0 Å². The van der Waals surface area contributed by atoms with Crippen LogP contribution >= 0.6 is 11.3 Å². The number of hydrogen-bond donors (Lipinski definition) is 2. The fourth-order valence-electron chi connectivity index (χ4n) is 3.33. The Kier molecular flexibility index (Phi) is 3.76. The zero-order valence-electron chi connectivity index (χ0n) is 13.8. The van der Waals surface area contributed by atoms with Crippen molar-refractivity contribution in [3.63, 3.8) is 0 Å². The van der Waals surface area contributed by atoms with Gasteiger partial charge in [0.25, 0.3) is 5.91 Å². The molecule has 0 aliphatic carbocycles. The van der Waals surface area contributed by atoms with E-state index in [1.807, 2.05) is 24.8 Å². The maximum atomic E-state index is 12.9. The predicted octanol–water partition coefficient (Wildman–Crippen LogP) is 3.56. The van der Waals surface area contributed by atoms with E-state index < -0.39 is 0 Å². The summed E-state index contributed by atoms with van der Waals surface area (Å²) in [4.78, 5) is 23.5. The molecule has 0 saturated carbocycles. The zero-order chi connectivity index (χ0) is 16.7. The van der Waals surface area contributed by atoms with Crippen LogP contribution in [0, 0.1) is 6.92 Å². The molecular weight excluding hydrogens is 320 g/mol. The summed E-state index contributed by atoms with van der Waals surface area (Å²) in [5.41, 5.74) is 4.47.